The SMILES string of the molecule is Cc1ccc(NC2CCCSC2C)cc1-n1cnnn1. The van der Waals surface area contributed by atoms with Gasteiger partial charge in [-0.2, -0.15) is 11.8 Å². The molecule has 0 radical (unpaired) electrons. The van der Waals surface area contributed by atoms with Crippen LogP contribution in [0.2, 0.25) is 0 Å². The Bertz CT molecular complexity index is 569. The second-order valence-corrected chi connectivity index (χ2v) is 6.71. The van der Waals surface area contributed by atoms with Gasteiger partial charge in [0.2, 0.25) is 0 Å². The first-order valence-corrected chi connectivity index (χ1v) is 8.01. The summed E-state index contributed by atoms with van der Waals surface area (Å²) in [5, 5.41) is 15.7. The van der Waals surface area contributed by atoms with Gasteiger partial charge in [0, 0.05) is 17.0 Å². The third kappa shape index (κ3) is 2.80. The first kappa shape index (κ1) is 13.4. The molecule has 1 aromatic carbocycles. The Hall–Kier alpha value is -1.56. The van der Waals surface area contributed by atoms with E-state index in [4.69, 9.17) is 0 Å². The quantitative estimate of drug-likeness (QED) is 0.941. The number of thioether (sulfide) groups is 1. The Morgan fingerprint density at radius 3 is 3.05 bits per heavy atom. The van der Waals surface area contributed by atoms with Crippen LogP contribution >= 0.6 is 11.8 Å². The lowest BCUT2D eigenvalue weighted by Gasteiger charge is -2.30. The molecule has 3 rings (SSSR count). The van der Waals surface area contributed by atoms with Gasteiger partial charge in [-0.1, -0.05) is 13.0 Å². The first-order chi connectivity index (χ1) is 9.74. The van der Waals surface area contributed by atoms with E-state index in [0.717, 1.165) is 16.9 Å². The van der Waals surface area contributed by atoms with Gasteiger partial charge in [-0.05, 0) is 53.6 Å². The van der Waals surface area contributed by atoms with Gasteiger partial charge in [0.1, 0.15) is 6.33 Å². The molecule has 6 heteroatoms. The van der Waals surface area contributed by atoms with Gasteiger partial charge < -0.3 is 5.32 Å². The highest BCUT2D eigenvalue weighted by atomic mass is 32.2. The zero-order valence-corrected chi connectivity index (χ0v) is 12.6. The van der Waals surface area contributed by atoms with E-state index in [0.29, 0.717) is 11.3 Å². The number of hydrogen-bond donors (Lipinski definition) is 1. The van der Waals surface area contributed by atoms with E-state index in [1.165, 1.54) is 18.6 Å². The van der Waals surface area contributed by atoms with Gasteiger partial charge in [0.15, 0.2) is 0 Å². The Balaban J connectivity index is 1.82. The van der Waals surface area contributed by atoms with Crippen molar-refractivity contribution in [3.63, 3.8) is 0 Å². The summed E-state index contributed by atoms with van der Waals surface area (Å²) in [5.41, 5.74) is 3.32. The largest absolute Gasteiger partial charge is 0.381 e. The van der Waals surface area contributed by atoms with Crippen LogP contribution in [0.3, 0.4) is 0 Å². The fourth-order valence-electron chi connectivity index (χ4n) is 2.54. The highest BCUT2D eigenvalue weighted by Gasteiger charge is 2.21. The predicted octanol–water partition coefficient (Wildman–Crippen LogP) is 2.67. The van der Waals surface area contributed by atoms with E-state index in [1.54, 1.807) is 11.0 Å². The van der Waals surface area contributed by atoms with Crippen molar-refractivity contribution in [2.24, 2.45) is 0 Å². The molecule has 0 spiro atoms. The van der Waals surface area contributed by atoms with Crippen LogP contribution in [0.15, 0.2) is 24.5 Å². The molecule has 1 aromatic heterocycles. The Kier molecular flexibility index (Phi) is 3.91. The fraction of sp³-hybridized carbons (Fsp3) is 0.500. The summed E-state index contributed by atoms with van der Waals surface area (Å²) >= 11 is 2.05. The highest BCUT2D eigenvalue weighted by molar-refractivity contribution is 8.00. The van der Waals surface area contributed by atoms with Crippen molar-refractivity contribution >= 4 is 17.4 Å². The normalized spacial score (nSPS) is 22.7. The zero-order valence-electron chi connectivity index (χ0n) is 11.8. The maximum atomic E-state index is 3.97. The van der Waals surface area contributed by atoms with Crippen molar-refractivity contribution in [2.45, 2.75) is 38.0 Å². The smallest absolute Gasteiger partial charge is 0.143 e. The average molecular weight is 289 g/mol. The molecule has 2 unspecified atom stereocenters. The number of benzene rings is 1. The minimum Gasteiger partial charge on any atom is -0.381 e. The van der Waals surface area contributed by atoms with Crippen molar-refractivity contribution in [3.05, 3.63) is 30.1 Å². The summed E-state index contributed by atoms with van der Waals surface area (Å²) in [7, 11) is 0. The van der Waals surface area contributed by atoms with Crippen LogP contribution in [0, 0.1) is 6.92 Å². The van der Waals surface area contributed by atoms with Gasteiger partial charge in [-0.15, -0.1) is 5.10 Å². The van der Waals surface area contributed by atoms with Gasteiger partial charge >= 0.3 is 0 Å². The molecule has 1 N–H and O–H groups in total. The lowest BCUT2D eigenvalue weighted by molar-refractivity contribution is 0.617. The molecule has 1 aliphatic heterocycles. The summed E-state index contributed by atoms with van der Waals surface area (Å²) in [6.45, 7) is 4.37. The maximum Gasteiger partial charge on any atom is 0.143 e. The number of rotatable bonds is 3. The summed E-state index contributed by atoms with van der Waals surface area (Å²) in [4.78, 5) is 0. The van der Waals surface area contributed by atoms with Crippen LogP contribution in [-0.2, 0) is 0 Å². The monoisotopic (exact) mass is 289 g/mol. The van der Waals surface area contributed by atoms with Crippen molar-refractivity contribution in [2.75, 3.05) is 11.1 Å². The third-order valence-electron chi connectivity index (χ3n) is 3.76. The van der Waals surface area contributed by atoms with Crippen LogP contribution < -0.4 is 5.32 Å². The summed E-state index contributed by atoms with van der Waals surface area (Å²) in [6, 6.07) is 6.91. The number of nitrogens with zero attached hydrogens (tertiary/aromatic N) is 4. The van der Waals surface area contributed by atoms with Crippen LogP contribution in [-0.4, -0.2) is 37.3 Å². The standard InChI is InChI=1S/C14H19N5S/c1-10-5-6-12(8-14(10)19-9-15-17-18-19)16-13-4-3-7-20-11(13)2/h5-6,8-9,11,13,16H,3-4,7H2,1-2H3. The molecule has 0 saturated carbocycles. The topological polar surface area (TPSA) is 55.6 Å². The van der Waals surface area contributed by atoms with E-state index >= 15 is 0 Å². The second kappa shape index (κ2) is 5.83. The third-order valence-corrected chi connectivity index (χ3v) is 5.14. The van der Waals surface area contributed by atoms with Crippen LogP contribution in [0.4, 0.5) is 5.69 Å². The molecule has 1 saturated heterocycles. The number of anilines is 1. The number of aromatic nitrogens is 4. The average Bonchev–Trinajstić information content (AvgIpc) is 2.97. The van der Waals surface area contributed by atoms with Gasteiger partial charge in [0.05, 0.1) is 5.69 Å². The van der Waals surface area contributed by atoms with E-state index in [9.17, 15) is 0 Å². The summed E-state index contributed by atoms with van der Waals surface area (Å²) < 4.78 is 1.71. The molecule has 0 bridgehead atoms. The lowest BCUT2D eigenvalue weighted by Crippen LogP contribution is -2.32. The molecule has 1 aliphatic rings. The van der Waals surface area contributed by atoms with Crippen molar-refractivity contribution in [1.29, 1.82) is 0 Å². The number of tetrazole rings is 1. The molecule has 2 aromatic rings. The van der Waals surface area contributed by atoms with E-state index in [-0.39, 0.29) is 0 Å². The van der Waals surface area contributed by atoms with Gasteiger partial charge in [-0.3, -0.25) is 0 Å². The number of hydrogen-bond acceptors (Lipinski definition) is 5. The zero-order chi connectivity index (χ0) is 13.9. The van der Waals surface area contributed by atoms with Crippen LogP contribution in [0.25, 0.3) is 5.69 Å². The Morgan fingerprint density at radius 2 is 2.30 bits per heavy atom. The molecule has 20 heavy (non-hydrogen) atoms. The van der Waals surface area contributed by atoms with Crippen LogP contribution in [0.5, 0.6) is 0 Å². The molecule has 0 aliphatic carbocycles. The first-order valence-electron chi connectivity index (χ1n) is 6.96. The van der Waals surface area contributed by atoms with Crippen molar-refractivity contribution in [1.82, 2.24) is 20.2 Å². The lowest BCUT2D eigenvalue weighted by atomic mass is 10.1. The summed E-state index contributed by atoms with van der Waals surface area (Å²) in [5.74, 6) is 1.28. The minimum atomic E-state index is 0.540. The van der Waals surface area contributed by atoms with Crippen LogP contribution in [0.1, 0.15) is 25.3 Å². The molecule has 2 heterocycles. The highest BCUT2D eigenvalue weighted by Crippen LogP contribution is 2.28. The molecule has 5 nitrogen and oxygen atoms in total. The van der Waals surface area contributed by atoms with E-state index < -0.39 is 0 Å². The molecular formula is C14H19N5S. The molecular weight excluding hydrogens is 270 g/mol. The predicted molar refractivity (Wildman–Crippen MR) is 82.5 cm³/mol. The molecule has 106 valence electrons. The van der Waals surface area contributed by atoms with Gasteiger partial charge in [-0.25, -0.2) is 4.68 Å². The molecule has 1 fully saturated rings. The van der Waals surface area contributed by atoms with Gasteiger partial charge in [0.25, 0.3) is 0 Å². The Morgan fingerprint density at radius 1 is 1.40 bits per heavy atom. The molecule has 2 atom stereocenters. The summed E-state index contributed by atoms with van der Waals surface area (Å²) in [6.07, 6.45) is 4.16. The fourth-order valence-corrected chi connectivity index (χ4v) is 3.69. The Labute approximate surface area is 123 Å². The van der Waals surface area contributed by atoms with Crippen molar-refractivity contribution in [3.8, 4) is 5.69 Å². The number of nitrogens with one attached hydrogen (secondary N) is 1. The van der Waals surface area contributed by atoms with E-state index in [1.807, 2.05) is 0 Å². The maximum absolute atomic E-state index is 3.97. The number of aryl methyl sites for hydroxylation is 1. The second-order valence-electron chi connectivity index (χ2n) is 5.22. The van der Waals surface area contributed by atoms with E-state index in [2.05, 4.69) is 64.7 Å². The minimum absolute atomic E-state index is 0.540. The molecule has 0 amide bonds. The van der Waals surface area contributed by atoms with Crippen molar-refractivity contribution < 1.29 is 0 Å².